The number of carbonyl (C=O) groups excluding carboxylic acids is 1. The van der Waals surface area contributed by atoms with E-state index in [1.165, 1.54) is 27.4 Å². The van der Waals surface area contributed by atoms with Gasteiger partial charge >= 0.3 is 5.76 Å². The van der Waals surface area contributed by atoms with Crippen LogP contribution in [0.25, 0.3) is 11.1 Å². The van der Waals surface area contributed by atoms with Crippen LogP contribution in [-0.2, 0) is 21.9 Å². The standard InChI is InChI=1S/C22H31N3O5S/c1-14-5-4-6-18(15(14)2)23-21(26)16-9-11-25(12-10-16)31(28,29)17-7-8-19-20(13-17)30-22(27)24(19)3/h7-8,13-16,18H,4-6,9-12H2,1-3H3,(H,23,26)/t14-,15+,18+/m1/s1. The minimum absolute atomic E-state index is 0.0514. The van der Waals surface area contributed by atoms with Crippen molar-refractivity contribution in [3.8, 4) is 0 Å². The van der Waals surface area contributed by atoms with E-state index in [0.717, 1.165) is 12.8 Å². The number of fused-ring (bicyclic) bond motifs is 1. The Kier molecular flexibility index (Phi) is 6.00. The normalized spacial score (nSPS) is 26.2. The van der Waals surface area contributed by atoms with Crippen LogP contribution in [0.3, 0.4) is 0 Å². The topological polar surface area (TPSA) is 102 Å². The molecule has 1 amide bonds. The number of rotatable bonds is 4. The Balaban J connectivity index is 1.41. The summed E-state index contributed by atoms with van der Waals surface area (Å²) in [5, 5.41) is 3.23. The average Bonchev–Trinajstić information content (AvgIpc) is 3.04. The lowest BCUT2D eigenvalue weighted by Gasteiger charge is -2.36. The van der Waals surface area contributed by atoms with Gasteiger partial charge in [0.15, 0.2) is 5.58 Å². The van der Waals surface area contributed by atoms with Gasteiger partial charge in [0.25, 0.3) is 0 Å². The Hall–Kier alpha value is -2.13. The Morgan fingerprint density at radius 1 is 1.13 bits per heavy atom. The van der Waals surface area contributed by atoms with E-state index < -0.39 is 15.8 Å². The molecule has 1 N–H and O–H groups in total. The van der Waals surface area contributed by atoms with Crippen molar-refractivity contribution in [2.75, 3.05) is 13.1 Å². The Morgan fingerprint density at radius 3 is 2.55 bits per heavy atom. The lowest BCUT2D eigenvalue weighted by atomic mass is 9.78. The third-order valence-electron chi connectivity index (χ3n) is 7.26. The predicted molar refractivity (Wildman–Crippen MR) is 117 cm³/mol. The summed E-state index contributed by atoms with van der Waals surface area (Å²) >= 11 is 0. The number of hydrogen-bond acceptors (Lipinski definition) is 5. The number of benzene rings is 1. The smallest absolute Gasteiger partial charge is 0.408 e. The van der Waals surface area contributed by atoms with Crippen molar-refractivity contribution in [2.45, 2.75) is 56.9 Å². The maximum Gasteiger partial charge on any atom is 0.419 e. The van der Waals surface area contributed by atoms with E-state index >= 15 is 0 Å². The molecule has 1 saturated heterocycles. The van der Waals surface area contributed by atoms with Gasteiger partial charge in [0.1, 0.15) is 0 Å². The highest BCUT2D eigenvalue weighted by atomic mass is 32.2. The molecule has 1 aliphatic heterocycles. The Morgan fingerprint density at radius 2 is 1.84 bits per heavy atom. The summed E-state index contributed by atoms with van der Waals surface area (Å²) < 4.78 is 34.1. The van der Waals surface area contributed by atoms with Crippen molar-refractivity contribution in [1.82, 2.24) is 14.2 Å². The minimum atomic E-state index is -3.72. The second kappa shape index (κ2) is 8.43. The van der Waals surface area contributed by atoms with Crippen LogP contribution in [0.15, 0.2) is 32.3 Å². The van der Waals surface area contributed by atoms with Crippen LogP contribution in [-0.4, -0.2) is 42.3 Å². The van der Waals surface area contributed by atoms with Crippen molar-refractivity contribution in [1.29, 1.82) is 0 Å². The summed E-state index contributed by atoms with van der Waals surface area (Å²) in [6.45, 7) is 5.04. The van der Waals surface area contributed by atoms with E-state index in [1.54, 1.807) is 13.1 Å². The van der Waals surface area contributed by atoms with Crippen LogP contribution in [0.2, 0.25) is 0 Å². The van der Waals surface area contributed by atoms with Gasteiger partial charge in [-0.2, -0.15) is 4.31 Å². The second-order valence-corrected chi connectivity index (χ2v) is 11.1. The lowest BCUT2D eigenvalue weighted by molar-refractivity contribution is -0.127. The molecule has 1 aromatic carbocycles. The first kappa shape index (κ1) is 22.1. The van der Waals surface area contributed by atoms with E-state index in [9.17, 15) is 18.0 Å². The first-order valence-electron chi connectivity index (χ1n) is 11.1. The molecule has 0 unspecified atom stereocenters. The maximum atomic E-state index is 13.1. The van der Waals surface area contributed by atoms with Crippen molar-refractivity contribution < 1.29 is 17.6 Å². The molecule has 31 heavy (non-hydrogen) atoms. The summed E-state index contributed by atoms with van der Waals surface area (Å²) in [7, 11) is -2.14. The van der Waals surface area contributed by atoms with Crippen LogP contribution in [0, 0.1) is 17.8 Å². The molecule has 170 valence electrons. The largest absolute Gasteiger partial charge is 0.419 e. The predicted octanol–water partition coefficient (Wildman–Crippen LogP) is 2.47. The highest BCUT2D eigenvalue weighted by molar-refractivity contribution is 7.89. The first-order valence-corrected chi connectivity index (χ1v) is 12.5. The summed E-state index contributed by atoms with van der Waals surface area (Å²) in [5.41, 5.74) is 0.796. The zero-order valence-corrected chi connectivity index (χ0v) is 19.2. The highest BCUT2D eigenvalue weighted by Crippen LogP contribution is 2.31. The number of aromatic nitrogens is 1. The van der Waals surface area contributed by atoms with Crippen LogP contribution in [0.5, 0.6) is 0 Å². The van der Waals surface area contributed by atoms with E-state index in [0.29, 0.717) is 43.3 Å². The first-order chi connectivity index (χ1) is 14.7. The third-order valence-corrected chi connectivity index (χ3v) is 9.16. The van der Waals surface area contributed by atoms with Crippen molar-refractivity contribution in [3.63, 3.8) is 0 Å². The van der Waals surface area contributed by atoms with Crippen molar-refractivity contribution in [3.05, 3.63) is 28.7 Å². The molecular weight excluding hydrogens is 418 g/mol. The number of hydrogen-bond donors (Lipinski definition) is 1. The number of amides is 1. The molecule has 2 aromatic rings. The van der Waals surface area contributed by atoms with Crippen LogP contribution in [0.1, 0.15) is 46.0 Å². The fourth-order valence-electron chi connectivity index (χ4n) is 4.87. The van der Waals surface area contributed by atoms with Gasteiger partial charge in [-0.3, -0.25) is 9.36 Å². The molecule has 3 atom stereocenters. The van der Waals surface area contributed by atoms with Gasteiger partial charge in [0.2, 0.25) is 15.9 Å². The minimum Gasteiger partial charge on any atom is -0.408 e. The van der Waals surface area contributed by atoms with E-state index in [1.807, 2.05) is 0 Å². The maximum absolute atomic E-state index is 13.1. The fraction of sp³-hybridized carbons (Fsp3) is 0.636. The summed E-state index contributed by atoms with van der Waals surface area (Å²) in [4.78, 5) is 24.6. The van der Waals surface area contributed by atoms with Crippen LogP contribution in [0.4, 0.5) is 0 Å². The Labute approximate surface area is 182 Å². The van der Waals surface area contributed by atoms with E-state index in [4.69, 9.17) is 4.42 Å². The number of piperidine rings is 1. The van der Waals surface area contributed by atoms with Crippen molar-refractivity contribution >= 4 is 27.0 Å². The molecule has 0 bridgehead atoms. The summed E-state index contributed by atoms with van der Waals surface area (Å²) in [5.74, 6) is 0.433. The monoisotopic (exact) mass is 449 g/mol. The molecule has 0 spiro atoms. The number of nitrogens with zero attached hydrogens (tertiary/aromatic N) is 2. The van der Waals surface area contributed by atoms with E-state index in [-0.39, 0.29) is 28.3 Å². The second-order valence-electron chi connectivity index (χ2n) is 9.12. The lowest BCUT2D eigenvalue weighted by Crippen LogP contribution is -2.48. The summed E-state index contributed by atoms with van der Waals surface area (Å²) in [6, 6.07) is 4.69. The SMILES string of the molecule is C[C@H]1[C@H](C)CCC[C@@H]1NC(=O)C1CCN(S(=O)(=O)c2ccc3c(c2)oc(=O)n3C)CC1. The number of oxazole rings is 1. The molecule has 1 saturated carbocycles. The number of carbonyl (C=O) groups is 1. The molecular formula is C22H31N3O5S. The zero-order chi connectivity index (χ0) is 22.3. The quantitative estimate of drug-likeness (QED) is 0.773. The van der Waals surface area contributed by atoms with Crippen molar-refractivity contribution in [2.24, 2.45) is 24.8 Å². The van der Waals surface area contributed by atoms with Crippen LogP contribution >= 0.6 is 0 Å². The molecule has 0 radical (unpaired) electrons. The average molecular weight is 450 g/mol. The number of sulfonamides is 1. The molecule has 2 aliphatic rings. The highest BCUT2D eigenvalue weighted by Gasteiger charge is 2.35. The van der Waals surface area contributed by atoms with Gasteiger partial charge in [-0.25, -0.2) is 13.2 Å². The van der Waals surface area contributed by atoms with Gasteiger partial charge in [-0.1, -0.05) is 26.7 Å². The van der Waals surface area contributed by atoms with Gasteiger partial charge in [-0.15, -0.1) is 0 Å². The number of nitrogens with one attached hydrogen (secondary N) is 1. The van der Waals surface area contributed by atoms with Gasteiger partial charge < -0.3 is 9.73 Å². The van der Waals surface area contributed by atoms with Gasteiger partial charge in [0.05, 0.1) is 10.4 Å². The molecule has 4 rings (SSSR count). The summed E-state index contributed by atoms with van der Waals surface area (Å²) in [6.07, 6.45) is 4.37. The molecule has 2 fully saturated rings. The zero-order valence-electron chi connectivity index (χ0n) is 18.3. The fourth-order valence-corrected chi connectivity index (χ4v) is 6.35. The molecule has 1 aliphatic carbocycles. The molecule has 9 heteroatoms. The van der Waals surface area contributed by atoms with Gasteiger partial charge in [0, 0.05) is 38.2 Å². The van der Waals surface area contributed by atoms with E-state index in [2.05, 4.69) is 19.2 Å². The van der Waals surface area contributed by atoms with Crippen LogP contribution < -0.4 is 11.1 Å². The van der Waals surface area contributed by atoms with Gasteiger partial charge in [-0.05, 0) is 43.2 Å². The molecule has 8 nitrogen and oxygen atoms in total. The molecule has 2 heterocycles. The molecule has 1 aromatic heterocycles. The Bertz CT molecular complexity index is 1130. The number of aryl methyl sites for hydroxylation is 1. The third kappa shape index (κ3) is 4.17.